The number of aliphatic carboxylic acids is 1. The lowest BCUT2D eigenvalue weighted by Crippen LogP contribution is -2.52. The predicted octanol–water partition coefficient (Wildman–Crippen LogP) is 1.04. The minimum absolute atomic E-state index is 0.0465. The Morgan fingerprint density at radius 3 is 2.67 bits per heavy atom. The zero-order valence-electron chi connectivity index (χ0n) is 10.0. The van der Waals surface area contributed by atoms with Gasteiger partial charge in [0.1, 0.15) is 12.1 Å². The van der Waals surface area contributed by atoms with E-state index in [0.29, 0.717) is 0 Å². The van der Waals surface area contributed by atoms with Crippen LogP contribution in [0.1, 0.15) is 6.92 Å². The number of carboxylic acid groups (broad SMARTS) is 1. The maximum atomic E-state index is 11.0. The summed E-state index contributed by atoms with van der Waals surface area (Å²) in [5.41, 5.74) is -1.50. The first-order valence-electron chi connectivity index (χ1n) is 5.19. The Morgan fingerprint density at radius 2 is 2.17 bits per heavy atom. The zero-order chi connectivity index (χ0) is 13.8. The fourth-order valence-electron chi connectivity index (χ4n) is 1.19. The molecular weight excluding hydrogens is 240 g/mol. The molecule has 0 aliphatic heterocycles. The number of nitro benzene ring substituents is 1. The van der Waals surface area contributed by atoms with E-state index in [1.807, 2.05) is 0 Å². The summed E-state index contributed by atoms with van der Waals surface area (Å²) < 4.78 is 5.23. The number of rotatable bonds is 6. The average molecular weight is 254 g/mol. The SMILES string of the molecule is CNC(C)(COc1ccccc1[N+](=O)[O-])C(=O)O. The molecule has 0 saturated carbocycles. The molecule has 0 fully saturated rings. The topological polar surface area (TPSA) is 102 Å². The highest BCUT2D eigenvalue weighted by Gasteiger charge is 2.33. The standard InChI is InChI=1S/C11H14N2O5/c1-11(12-2,10(14)15)7-18-9-6-4-3-5-8(9)13(16)17/h3-6,12H,7H2,1-2H3,(H,14,15). The molecule has 18 heavy (non-hydrogen) atoms. The van der Waals surface area contributed by atoms with E-state index in [0.717, 1.165) is 0 Å². The first-order chi connectivity index (χ1) is 8.40. The molecule has 98 valence electrons. The van der Waals surface area contributed by atoms with Gasteiger partial charge in [-0.3, -0.25) is 14.9 Å². The highest BCUT2D eigenvalue weighted by atomic mass is 16.6. The van der Waals surface area contributed by atoms with Crippen LogP contribution < -0.4 is 10.1 Å². The Kier molecular flexibility index (Phi) is 4.22. The van der Waals surface area contributed by atoms with Crippen molar-refractivity contribution < 1.29 is 19.6 Å². The Morgan fingerprint density at radius 1 is 1.56 bits per heavy atom. The van der Waals surface area contributed by atoms with Gasteiger partial charge in [0.15, 0.2) is 5.75 Å². The van der Waals surface area contributed by atoms with E-state index in [4.69, 9.17) is 9.84 Å². The molecule has 1 unspecified atom stereocenters. The summed E-state index contributed by atoms with van der Waals surface area (Å²) in [6.45, 7) is 1.22. The number of nitrogens with zero attached hydrogens (tertiary/aromatic N) is 1. The Hall–Kier alpha value is -2.15. The molecule has 1 aromatic rings. The molecule has 0 bridgehead atoms. The van der Waals surface area contributed by atoms with Crippen LogP contribution in [0.15, 0.2) is 24.3 Å². The molecule has 0 aliphatic carbocycles. The number of ether oxygens (including phenoxy) is 1. The minimum Gasteiger partial charge on any atom is -0.484 e. The predicted molar refractivity (Wildman–Crippen MR) is 63.7 cm³/mol. The number of hydrogen-bond acceptors (Lipinski definition) is 5. The van der Waals surface area contributed by atoms with Crippen LogP contribution in [0, 0.1) is 10.1 Å². The third kappa shape index (κ3) is 2.95. The van der Waals surface area contributed by atoms with Crippen LogP contribution in [-0.2, 0) is 4.79 Å². The number of benzene rings is 1. The van der Waals surface area contributed by atoms with Crippen LogP contribution >= 0.6 is 0 Å². The van der Waals surface area contributed by atoms with Crippen molar-refractivity contribution in [1.29, 1.82) is 0 Å². The molecule has 1 rings (SSSR count). The van der Waals surface area contributed by atoms with E-state index in [9.17, 15) is 14.9 Å². The third-order valence-corrected chi connectivity index (χ3v) is 2.60. The zero-order valence-corrected chi connectivity index (χ0v) is 10.0. The molecule has 0 aliphatic rings. The van der Waals surface area contributed by atoms with E-state index < -0.39 is 16.4 Å². The lowest BCUT2D eigenvalue weighted by Gasteiger charge is -2.23. The quantitative estimate of drug-likeness (QED) is 0.580. The molecule has 0 saturated heterocycles. The van der Waals surface area contributed by atoms with Crippen molar-refractivity contribution in [2.24, 2.45) is 0 Å². The van der Waals surface area contributed by atoms with Gasteiger partial charge in [0.2, 0.25) is 0 Å². The molecule has 0 spiro atoms. The van der Waals surface area contributed by atoms with Gasteiger partial charge in [-0.15, -0.1) is 0 Å². The lowest BCUT2D eigenvalue weighted by molar-refractivity contribution is -0.385. The van der Waals surface area contributed by atoms with Crippen molar-refractivity contribution in [3.63, 3.8) is 0 Å². The fraction of sp³-hybridized carbons (Fsp3) is 0.364. The van der Waals surface area contributed by atoms with Crippen molar-refractivity contribution in [3.05, 3.63) is 34.4 Å². The highest BCUT2D eigenvalue weighted by Crippen LogP contribution is 2.26. The first-order valence-corrected chi connectivity index (χ1v) is 5.19. The number of carbonyl (C=O) groups is 1. The third-order valence-electron chi connectivity index (χ3n) is 2.60. The van der Waals surface area contributed by atoms with Crippen LogP contribution in [0.2, 0.25) is 0 Å². The molecule has 0 aromatic heterocycles. The van der Waals surface area contributed by atoms with Crippen LogP contribution in [0.3, 0.4) is 0 Å². The summed E-state index contributed by atoms with van der Waals surface area (Å²) in [6, 6.07) is 5.82. The lowest BCUT2D eigenvalue weighted by atomic mass is 10.1. The molecule has 0 radical (unpaired) electrons. The van der Waals surface area contributed by atoms with Crippen molar-refractivity contribution in [2.45, 2.75) is 12.5 Å². The molecule has 1 atom stereocenters. The van der Waals surface area contributed by atoms with E-state index in [1.54, 1.807) is 6.07 Å². The second-order valence-corrected chi connectivity index (χ2v) is 3.90. The molecular formula is C11H14N2O5. The summed E-state index contributed by atoms with van der Waals surface area (Å²) in [5.74, 6) is -1.05. The van der Waals surface area contributed by atoms with E-state index in [-0.39, 0.29) is 18.0 Å². The number of para-hydroxylation sites is 2. The van der Waals surface area contributed by atoms with Crippen molar-refractivity contribution in [1.82, 2.24) is 5.32 Å². The molecule has 1 aromatic carbocycles. The van der Waals surface area contributed by atoms with Gasteiger partial charge in [-0.05, 0) is 20.0 Å². The molecule has 7 nitrogen and oxygen atoms in total. The summed E-state index contributed by atoms with van der Waals surface area (Å²) >= 11 is 0. The van der Waals surface area contributed by atoms with Gasteiger partial charge in [-0.1, -0.05) is 12.1 Å². The summed E-state index contributed by atoms with van der Waals surface area (Å²) in [5, 5.41) is 22.4. The second kappa shape index (κ2) is 5.46. The number of hydrogen-bond donors (Lipinski definition) is 2. The largest absolute Gasteiger partial charge is 0.484 e. The van der Waals surface area contributed by atoms with Gasteiger partial charge in [-0.25, -0.2) is 0 Å². The van der Waals surface area contributed by atoms with Crippen LogP contribution in [0.4, 0.5) is 5.69 Å². The van der Waals surface area contributed by atoms with Crippen molar-refractivity contribution in [3.8, 4) is 5.75 Å². The second-order valence-electron chi connectivity index (χ2n) is 3.90. The van der Waals surface area contributed by atoms with Crippen LogP contribution in [0.5, 0.6) is 5.75 Å². The van der Waals surface area contributed by atoms with Gasteiger partial charge < -0.3 is 15.2 Å². The normalized spacial score (nSPS) is 13.7. The van der Waals surface area contributed by atoms with E-state index in [2.05, 4.69) is 5.32 Å². The Balaban J connectivity index is 2.86. The molecule has 0 heterocycles. The number of nitrogens with one attached hydrogen (secondary N) is 1. The first kappa shape index (κ1) is 13.9. The van der Waals surface area contributed by atoms with Gasteiger partial charge in [0, 0.05) is 6.07 Å². The van der Waals surface area contributed by atoms with Gasteiger partial charge in [0.05, 0.1) is 4.92 Å². The van der Waals surface area contributed by atoms with Gasteiger partial charge in [-0.2, -0.15) is 0 Å². The number of likely N-dealkylation sites (N-methyl/N-ethyl adjacent to an activating group) is 1. The highest BCUT2D eigenvalue weighted by molar-refractivity contribution is 5.78. The Bertz CT molecular complexity index is 463. The maximum absolute atomic E-state index is 11.0. The molecule has 7 heteroatoms. The van der Waals surface area contributed by atoms with Crippen molar-refractivity contribution >= 4 is 11.7 Å². The summed E-state index contributed by atoms with van der Waals surface area (Å²) in [7, 11) is 1.48. The van der Waals surface area contributed by atoms with Gasteiger partial charge >= 0.3 is 11.7 Å². The molecule has 0 amide bonds. The minimum atomic E-state index is -1.30. The van der Waals surface area contributed by atoms with E-state index >= 15 is 0 Å². The van der Waals surface area contributed by atoms with Crippen LogP contribution in [0.25, 0.3) is 0 Å². The van der Waals surface area contributed by atoms with Crippen LogP contribution in [-0.4, -0.2) is 35.2 Å². The number of carboxylic acids is 1. The fourth-order valence-corrected chi connectivity index (χ4v) is 1.19. The smallest absolute Gasteiger partial charge is 0.327 e. The monoisotopic (exact) mass is 254 g/mol. The average Bonchev–Trinajstić information content (AvgIpc) is 2.35. The summed E-state index contributed by atoms with van der Waals surface area (Å²) in [4.78, 5) is 21.2. The number of nitro groups is 1. The van der Waals surface area contributed by atoms with Crippen molar-refractivity contribution in [2.75, 3.05) is 13.7 Å². The molecule has 2 N–H and O–H groups in total. The maximum Gasteiger partial charge on any atom is 0.327 e. The summed E-state index contributed by atoms with van der Waals surface area (Å²) in [6.07, 6.45) is 0. The Labute approximate surface area is 104 Å². The van der Waals surface area contributed by atoms with Gasteiger partial charge in [0.25, 0.3) is 0 Å². The van der Waals surface area contributed by atoms with E-state index in [1.165, 1.54) is 32.2 Å².